The van der Waals surface area contributed by atoms with Crippen LogP contribution in [-0.2, 0) is 4.79 Å². The van der Waals surface area contributed by atoms with Gasteiger partial charge in [-0.2, -0.15) is 0 Å². The summed E-state index contributed by atoms with van der Waals surface area (Å²) in [6, 6.07) is 7.17. The normalized spacial score (nSPS) is 26.1. The Bertz CT molecular complexity index is 651. The van der Waals surface area contributed by atoms with Crippen molar-refractivity contribution in [2.75, 3.05) is 57.8 Å². The highest BCUT2D eigenvalue weighted by Gasteiger charge is 2.49. The lowest BCUT2D eigenvalue weighted by Crippen LogP contribution is -2.47. The van der Waals surface area contributed by atoms with Crippen LogP contribution < -0.4 is 10.2 Å². The average molecular weight is 375 g/mol. The van der Waals surface area contributed by atoms with Crippen LogP contribution in [0.25, 0.3) is 0 Å². The van der Waals surface area contributed by atoms with Crippen LogP contribution in [0.2, 0.25) is 0 Å². The molecule has 0 bridgehead atoms. The van der Waals surface area contributed by atoms with Crippen molar-refractivity contribution in [2.24, 2.45) is 5.41 Å². The average Bonchev–Trinajstić information content (AvgIpc) is 2.93. The van der Waals surface area contributed by atoms with Crippen molar-refractivity contribution in [1.29, 1.82) is 0 Å². The summed E-state index contributed by atoms with van der Waals surface area (Å²) >= 11 is 0. The molecule has 3 aliphatic rings. The number of hydrogen-bond acceptors (Lipinski definition) is 4. The number of nitrogens with zero attached hydrogens (tertiary/aromatic N) is 3. The molecule has 1 amide bonds. The van der Waals surface area contributed by atoms with Crippen LogP contribution in [-0.4, -0.2) is 74.6 Å². The largest absolute Gasteiger partial charge is 0.369 e. The first-order chi connectivity index (χ1) is 13.1. The summed E-state index contributed by atoms with van der Waals surface area (Å²) in [6.45, 7) is 6.98. The maximum absolute atomic E-state index is 13.1. The van der Waals surface area contributed by atoms with Crippen LogP contribution in [0.5, 0.6) is 0 Å². The Hall–Kier alpha value is -1.66. The number of rotatable bonds is 4. The lowest BCUT2D eigenvalue weighted by molar-refractivity contribution is -0.136. The lowest BCUT2D eigenvalue weighted by Gasteiger charge is -2.36. The van der Waals surface area contributed by atoms with Crippen molar-refractivity contribution in [3.8, 4) is 0 Å². The predicted molar refractivity (Wildman–Crippen MR) is 105 cm³/mol. The van der Waals surface area contributed by atoms with Crippen molar-refractivity contribution in [2.45, 2.75) is 31.7 Å². The van der Waals surface area contributed by atoms with Gasteiger partial charge in [-0.05, 0) is 63.0 Å². The molecule has 0 radical (unpaired) electrons. The van der Waals surface area contributed by atoms with Gasteiger partial charge in [0.2, 0.25) is 5.91 Å². The van der Waals surface area contributed by atoms with Crippen molar-refractivity contribution >= 4 is 11.6 Å². The number of hydrogen-bond donors (Lipinski definition) is 1. The minimum absolute atomic E-state index is 0.0913. The van der Waals surface area contributed by atoms with Gasteiger partial charge >= 0.3 is 0 Å². The van der Waals surface area contributed by atoms with Crippen LogP contribution in [0.4, 0.5) is 10.1 Å². The minimum Gasteiger partial charge on any atom is -0.369 e. The van der Waals surface area contributed by atoms with Crippen LogP contribution in [0, 0.1) is 11.2 Å². The van der Waals surface area contributed by atoms with Crippen LogP contribution in [0.3, 0.4) is 0 Å². The van der Waals surface area contributed by atoms with E-state index in [1.807, 2.05) is 24.1 Å². The number of amides is 1. The topological polar surface area (TPSA) is 38.8 Å². The molecule has 148 valence electrons. The molecule has 5 nitrogen and oxygen atoms in total. The van der Waals surface area contributed by atoms with Gasteiger partial charge in [0.25, 0.3) is 0 Å². The summed E-state index contributed by atoms with van der Waals surface area (Å²) in [5.74, 6) is 0.189. The third kappa shape index (κ3) is 3.83. The molecule has 0 aromatic heterocycles. The molecule has 3 saturated heterocycles. The number of piperidine rings is 1. The van der Waals surface area contributed by atoms with Crippen molar-refractivity contribution in [3.05, 3.63) is 30.1 Å². The van der Waals surface area contributed by atoms with E-state index in [4.69, 9.17) is 0 Å². The van der Waals surface area contributed by atoms with Crippen molar-refractivity contribution < 1.29 is 9.18 Å². The number of nitrogens with one attached hydrogen (secondary N) is 1. The highest BCUT2D eigenvalue weighted by Crippen LogP contribution is 2.43. The highest BCUT2D eigenvalue weighted by atomic mass is 19.1. The van der Waals surface area contributed by atoms with Gasteiger partial charge in [-0.1, -0.05) is 0 Å². The van der Waals surface area contributed by atoms with Gasteiger partial charge in [-0.3, -0.25) is 9.69 Å². The molecule has 3 aliphatic heterocycles. The number of halogens is 1. The van der Waals surface area contributed by atoms with E-state index in [1.54, 1.807) is 0 Å². The molecule has 27 heavy (non-hydrogen) atoms. The fourth-order valence-electron chi connectivity index (χ4n) is 5.05. The molecular formula is C21H31FN4O. The second-order valence-corrected chi connectivity index (χ2v) is 8.40. The monoisotopic (exact) mass is 374 g/mol. The Morgan fingerprint density at radius 2 is 1.78 bits per heavy atom. The molecule has 0 saturated carbocycles. The molecule has 6 heteroatoms. The molecule has 1 aromatic carbocycles. The molecule has 1 aromatic rings. The first-order valence-corrected chi connectivity index (χ1v) is 10.3. The minimum atomic E-state index is -0.181. The summed E-state index contributed by atoms with van der Waals surface area (Å²) in [6.07, 6.45) is 4.07. The number of anilines is 1. The molecule has 4 rings (SSSR count). The first-order valence-electron chi connectivity index (χ1n) is 10.3. The van der Waals surface area contributed by atoms with Gasteiger partial charge in [0.15, 0.2) is 0 Å². The molecule has 1 atom stereocenters. The summed E-state index contributed by atoms with van der Waals surface area (Å²) < 4.78 is 13.1. The zero-order valence-corrected chi connectivity index (χ0v) is 16.3. The van der Waals surface area contributed by atoms with Gasteiger partial charge < -0.3 is 15.1 Å². The molecule has 0 unspecified atom stereocenters. The Labute approximate surface area is 161 Å². The third-order valence-corrected chi connectivity index (χ3v) is 6.85. The quantitative estimate of drug-likeness (QED) is 0.874. The van der Waals surface area contributed by atoms with Gasteiger partial charge in [0, 0.05) is 51.5 Å². The fraction of sp³-hybridized carbons (Fsp3) is 0.667. The van der Waals surface area contributed by atoms with E-state index in [9.17, 15) is 9.18 Å². The zero-order chi connectivity index (χ0) is 18.9. The molecular weight excluding hydrogens is 343 g/mol. The number of piperazine rings is 1. The molecule has 1 spiro atoms. The molecule has 3 fully saturated rings. The van der Waals surface area contributed by atoms with Crippen molar-refractivity contribution in [1.82, 2.24) is 15.1 Å². The van der Waals surface area contributed by atoms with E-state index in [2.05, 4.69) is 15.1 Å². The second-order valence-electron chi connectivity index (χ2n) is 8.40. The number of carbonyl (C=O) groups excluding carboxylic acids is 1. The van der Waals surface area contributed by atoms with Crippen LogP contribution in [0.15, 0.2) is 24.3 Å². The smallest absolute Gasteiger partial charge is 0.228 e. The van der Waals surface area contributed by atoms with Crippen LogP contribution in [0.1, 0.15) is 25.7 Å². The van der Waals surface area contributed by atoms with Gasteiger partial charge in [-0.25, -0.2) is 4.39 Å². The summed E-state index contributed by atoms with van der Waals surface area (Å²) in [7, 11) is 2.00. The molecule has 1 N–H and O–H groups in total. The van der Waals surface area contributed by atoms with E-state index >= 15 is 0 Å². The summed E-state index contributed by atoms with van der Waals surface area (Å²) in [4.78, 5) is 19.7. The van der Waals surface area contributed by atoms with Crippen molar-refractivity contribution in [3.63, 3.8) is 0 Å². The van der Waals surface area contributed by atoms with E-state index in [0.717, 1.165) is 77.2 Å². The van der Waals surface area contributed by atoms with Crippen LogP contribution >= 0.6 is 0 Å². The second kappa shape index (κ2) is 7.76. The van der Waals surface area contributed by atoms with E-state index in [-0.39, 0.29) is 11.2 Å². The highest BCUT2D eigenvalue weighted by molar-refractivity contribution is 5.85. The fourth-order valence-corrected chi connectivity index (χ4v) is 5.05. The maximum atomic E-state index is 13.1. The van der Waals surface area contributed by atoms with E-state index in [0.29, 0.717) is 11.9 Å². The lowest BCUT2D eigenvalue weighted by atomic mass is 9.76. The Kier molecular flexibility index (Phi) is 5.37. The number of carbonyl (C=O) groups is 1. The maximum Gasteiger partial charge on any atom is 0.228 e. The zero-order valence-electron chi connectivity index (χ0n) is 16.3. The Morgan fingerprint density at radius 1 is 1.11 bits per heavy atom. The summed E-state index contributed by atoms with van der Waals surface area (Å²) in [5, 5.41) is 3.39. The Morgan fingerprint density at radius 3 is 2.44 bits per heavy atom. The number of benzene rings is 1. The van der Waals surface area contributed by atoms with Gasteiger partial charge in [0.1, 0.15) is 5.82 Å². The first kappa shape index (κ1) is 18.7. The van der Waals surface area contributed by atoms with Gasteiger partial charge in [0.05, 0.1) is 5.41 Å². The molecule has 0 aliphatic carbocycles. The van der Waals surface area contributed by atoms with E-state index in [1.165, 1.54) is 12.1 Å². The third-order valence-electron chi connectivity index (χ3n) is 6.85. The SMILES string of the molecule is CN1C(=O)C2(CCNCC2)C[C@@H]1CCN1CCN(c2ccc(F)cc2)CC1. The van der Waals surface area contributed by atoms with E-state index < -0.39 is 0 Å². The Balaban J connectivity index is 1.26. The molecule has 3 heterocycles. The standard InChI is InChI=1S/C21H31FN4O/c1-24-19(16-21(20(24)27)7-9-23-10-8-21)6-11-25-12-14-26(15-13-25)18-4-2-17(22)3-5-18/h2-5,19,23H,6-16H2,1H3/t19-/m0/s1. The predicted octanol–water partition coefficient (Wildman–Crippen LogP) is 1.94. The van der Waals surface area contributed by atoms with Gasteiger partial charge in [-0.15, -0.1) is 0 Å². The summed E-state index contributed by atoms with van der Waals surface area (Å²) in [5.41, 5.74) is 1.01. The number of likely N-dealkylation sites (tertiary alicyclic amines) is 1.